The van der Waals surface area contributed by atoms with Crippen molar-refractivity contribution < 1.29 is 16.3 Å². The van der Waals surface area contributed by atoms with Gasteiger partial charge >= 0.3 is 30.0 Å². The van der Waals surface area contributed by atoms with E-state index in [0.717, 1.165) is 0 Å². The molecule has 2 aromatic carbocycles. The second-order valence-corrected chi connectivity index (χ2v) is 3.90. The van der Waals surface area contributed by atoms with Crippen LogP contribution in [0.2, 0.25) is 0 Å². The molecule has 0 aliphatic heterocycles. The van der Waals surface area contributed by atoms with Crippen molar-refractivity contribution in [3.63, 3.8) is 0 Å². The fourth-order valence-corrected chi connectivity index (χ4v) is 1.76. The molecule has 0 heterocycles. The zero-order valence-electron chi connectivity index (χ0n) is 9.11. The summed E-state index contributed by atoms with van der Waals surface area (Å²) >= 11 is 6.01. The van der Waals surface area contributed by atoms with Crippen LogP contribution in [0.5, 0.6) is 0 Å². The van der Waals surface area contributed by atoms with Crippen molar-refractivity contribution in [3.05, 3.63) is 54.6 Å². The minimum atomic E-state index is 1.19. The third kappa shape index (κ3) is 4.05. The van der Waals surface area contributed by atoms with Gasteiger partial charge in [-0.25, -0.2) is 0 Å². The average molecular weight is 345 g/mol. The summed E-state index contributed by atoms with van der Waals surface area (Å²) in [5, 5.41) is 0. The van der Waals surface area contributed by atoms with Gasteiger partial charge in [0, 0.05) is 4.90 Å². The Balaban J connectivity index is 0.000000606. The van der Waals surface area contributed by atoms with E-state index in [1.54, 1.807) is 11.8 Å². The maximum atomic E-state index is 3.08. The summed E-state index contributed by atoms with van der Waals surface area (Å²) in [6.07, 6.45) is 2.09. The first kappa shape index (κ1) is 14.0. The van der Waals surface area contributed by atoms with Crippen LogP contribution in [0.1, 0.15) is 0 Å². The number of thioether (sulfide) groups is 1. The Bertz CT molecular complexity index is 400. The Hall–Kier alpha value is -0.107. The van der Waals surface area contributed by atoms with Crippen molar-refractivity contribution in [2.45, 2.75) is 4.90 Å². The van der Waals surface area contributed by atoms with Crippen LogP contribution in [0.3, 0.4) is 0 Å². The molecule has 0 saturated carbocycles. The van der Waals surface area contributed by atoms with Gasteiger partial charge in [-0.15, -0.1) is 17.3 Å². The molecule has 0 atom stereocenters. The van der Waals surface area contributed by atoms with E-state index in [9.17, 15) is 0 Å². The second-order valence-electron chi connectivity index (χ2n) is 3.02. The van der Waals surface area contributed by atoms with E-state index in [1.165, 1.54) is 32.4 Å². The number of rotatable bonds is 2. The quantitative estimate of drug-likeness (QED) is 0.431. The zero-order valence-corrected chi connectivity index (χ0v) is 14.5. The SMILES string of the molecule is CSc1ccc(-c2c[c-]ccc2)cc1.[Zn+][Br]. The molecule has 0 N–H and O–H groups in total. The summed E-state index contributed by atoms with van der Waals surface area (Å²) in [5.74, 6) is 0. The van der Waals surface area contributed by atoms with E-state index in [1.807, 2.05) is 18.2 Å². The first-order valence-electron chi connectivity index (χ1n) is 4.77. The summed E-state index contributed by atoms with van der Waals surface area (Å²) in [5.41, 5.74) is 2.47. The van der Waals surface area contributed by atoms with Crippen LogP contribution in [0.4, 0.5) is 0 Å². The van der Waals surface area contributed by atoms with E-state index < -0.39 is 0 Å². The summed E-state index contributed by atoms with van der Waals surface area (Å²) < 4.78 is 0. The van der Waals surface area contributed by atoms with E-state index in [-0.39, 0.29) is 0 Å². The van der Waals surface area contributed by atoms with Crippen LogP contribution in [0, 0.1) is 6.07 Å². The van der Waals surface area contributed by atoms with Gasteiger partial charge in [0.05, 0.1) is 0 Å². The molecule has 0 aromatic heterocycles. The molecular formula is C13H11BrSZn. The zero-order chi connectivity index (χ0) is 11.8. The van der Waals surface area contributed by atoms with Crippen molar-refractivity contribution in [2.75, 3.05) is 6.26 Å². The molecule has 0 fully saturated rings. The topological polar surface area (TPSA) is 0 Å². The van der Waals surface area contributed by atoms with E-state index in [2.05, 4.69) is 56.3 Å². The van der Waals surface area contributed by atoms with Gasteiger partial charge in [0.1, 0.15) is 0 Å². The van der Waals surface area contributed by atoms with Crippen LogP contribution < -0.4 is 0 Å². The summed E-state index contributed by atoms with van der Waals surface area (Å²) in [6, 6.07) is 19.7. The standard InChI is InChI=1S/C13H11S.BrH.Zn/c1-14-13-9-7-12(8-10-13)11-5-3-2-4-6-11;;/h2-3,5-10H,1H3;1H;/q-1;;+2/p-1. The van der Waals surface area contributed by atoms with Gasteiger partial charge in [-0.3, -0.25) is 0 Å². The molecule has 0 aliphatic carbocycles. The second kappa shape index (κ2) is 8.05. The summed E-state index contributed by atoms with van der Waals surface area (Å²) in [7, 11) is 0. The Morgan fingerprint density at radius 2 is 1.75 bits per heavy atom. The number of benzene rings is 2. The Labute approximate surface area is 118 Å². The van der Waals surface area contributed by atoms with Gasteiger partial charge in [-0.05, 0) is 18.4 Å². The summed E-state index contributed by atoms with van der Waals surface area (Å²) in [6.45, 7) is 0. The first-order valence-corrected chi connectivity index (χ1v) is 12.9. The Kier molecular flexibility index (Phi) is 7.02. The monoisotopic (exact) mass is 342 g/mol. The molecule has 0 radical (unpaired) electrons. The van der Waals surface area contributed by atoms with Gasteiger partial charge in [0.2, 0.25) is 0 Å². The van der Waals surface area contributed by atoms with Gasteiger partial charge in [0.25, 0.3) is 0 Å². The molecular weight excluding hydrogens is 334 g/mol. The Morgan fingerprint density at radius 3 is 2.25 bits per heavy atom. The predicted octanol–water partition coefficient (Wildman–Crippen LogP) is 4.72. The minimum absolute atomic E-state index is 1.19. The van der Waals surface area contributed by atoms with Crippen LogP contribution in [0.25, 0.3) is 11.1 Å². The molecule has 3 heteroatoms. The molecule has 0 spiro atoms. The fraction of sp³-hybridized carbons (Fsp3) is 0.0769. The molecule has 0 aliphatic rings. The van der Waals surface area contributed by atoms with Crippen LogP contribution >= 0.6 is 25.4 Å². The molecule has 0 unspecified atom stereocenters. The van der Waals surface area contributed by atoms with Gasteiger partial charge in [0.15, 0.2) is 0 Å². The van der Waals surface area contributed by atoms with Crippen molar-refractivity contribution in [1.82, 2.24) is 0 Å². The van der Waals surface area contributed by atoms with E-state index in [4.69, 9.17) is 0 Å². The van der Waals surface area contributed by atoms with E-state index >= 15 is 0 Å². The molecule has 0 nitrogen and oxygen atoms in total. The normalized spacial score (nSPS) is 9.25. The third-order valence-electron chi connectivity index (χ3n) is 2.13. The van der Waals surface area contributed by atoms with Gasteiger partial charge in [-0.1, -0.05) is 17.7 Å². The third-order valence-corrected chi connectivity index (χ3v) is 2.87. The van der Waals surface area contributed by atoms with Crippen molar-refractivity contribution in [2.24, 2.45) is 0 Å². The van der Waals surface area contributed by atoms with Crippen molar-refractivity contribution >= 4 is 25.4 Å². The van der Waals surface area contributed by atoms with Crippen LogP contribution in [-0.2, 0) is 16.3 Å². The number of hydrogen-bond donors (Lipinski definition) is 0. The summed E-state index contributed by atoms with van der Waals surface area (Å²) in [4.78, 5) is 1.30. The maximum absolute atomic E-state index is 3.08. The average Bonchev–Trinajstić information content (AvgIpc) is 2.42. The molecule has 16 heavy (non-hydrogen) atoms. The molecule has 2 aromatic rings. The molecule has 0 amide bonds. The van der Waals surface area contributed by atoms with Crippen molar-refractivity contribution in [1.29, 1.82) is 0 Å². The van der Waals surface area contributed by atoms with Crippen LogP contribution in [-0.4, -0.2) is 6.26 Å². The number of halogens is 1. The number of hydrogen-bond acceptors (Lipinski definition) is 1. The Morgan fingerprint density at radius 1 is 1.06 bits per heavy atom. The van der Waals surface area contributed by atoms with Gasteiger partial charge < -0.3 is 0 Å². The van der Waals surface area contributed by atoms with Crippen LogP contribution in [0.15, 0.2) is 53.4 Å². The van der Waals surface area contributed by atoms with Crippen molar-refractivity contribution in [3.8, 4) is 11.1 Å². The molecule has 2 rings (SSSR count). The molecule has 78 valence electrons. The fourth-order valence-electron chi connectivity index (χ4n) is 1.36. The van der Waals surface area contributed by atoms with E-state index in [0.29, 0.717) is 0 Å². The molecule has 0 bridgehead atoms. The first-order chi connectivity index (χ1) is 7.90. The van der Waals surface area contributed by atoms with Gasteiger partial charge in [-0.2, -0.15) is 30.3 Å². The molecule has 0 saturated heterocycles. The predicted molar refractivity (Wildman–Crippen MR) is 71.4 cm³/mol.